The Labute approximate surface area is 154 Å². The number of alkyl halides is 2. The van der Waals surface area contributed by atoms with Crippen molar-refractivity contribution in [1.29, 1.82) is 0 Å². The van der Waals surface area contributed by atoms with Crippen LogP contribution in [-0.2, 0) is 0 Å². The van der Waals surface area contributed by atoms with Crippen LogP contribution in [0.2, 0.25) is 0 Å². The van der Waals surface area contributed by atoms with Gasteiger partial charge in [-0.2, -0.15) is 9.78 Å². The van der Waals surface area contributed by atoms with Crippen molar-refractivity contribution in [2.75, 3.05) is 0 Å². The highest BCUT2D eigenvalue weighted by molar-refractivity contribution is 8.04. The van der Waals surface area contributed by atoms with E-state index < -0.39 is 23.9 Å². The van der Waals surface area contributed by atoms with Crippen molar-refractivity contribution >= 4 is 23.5 Å². The summed E-state index contributed by atoms with van der Waals surface area (Å²) < 4.78 is 54.8. The Morgan fingerprint density at radius 2 is 1.93 bits per heavy atom. The standard InChI is InChI=1S/C17H9F4N5S/c18-9-4-5-11(12(19)7-9)14-13(8-10-3-1-2-6-22-10)27-17-24-23-16(15(20)21)26(17)25-14/h1-8,15H. The van der Waals surface area contributed by atoms with E-state index in [1.165, 1.54) is 6.07 Å². The first-order valence-corrected chi connectivity index (χ1v) is 8.43. The van der Waals surface area contributed by atoms with Crippen molar-refractivity contribution in [3.05, 3.63) is 76.2 Å². The van der Waals surface area contributed by atoms with Gasteiger partial charge in [-0.3, -0.25) is 4.98 Å². The van der Waals surface area contributed by atoms with E-state index in [1.807, 2.05) is 0 Å². The number of rotatable bonds is 3. The molecule has 5 nitrogen and oxygen atoms in total. The van der Waals surface area contributed by atoms with E-state index in [-0.39, 0.29) is 16.4 Å². The van der Waals surface area contributed by atoms with Crippen LogP contribution < -0.4 is 0 Å². The van der Waals surface area contributed by atoms with Gasteiger partial charge < -0.3 is 0 Å². The fourth-order valence-corrected chi connectivity index (χ4v) is 3.35. The van der Waals surface area contributed by atoms with Gasteiger partial charge in [0, 0.05) is 22.7 Å². The quantitative estimate of drug-likeness (QED) is 0.625. The second-order valence-electron chi connectivity index (χ2n) is 5.39. The van der Waals surface area contributed by atoms with Gasteiger partial charge in [-0.15, -0.1) is 10.2 Å². The molecule has 0 bridgehead atoms. The third kappa shape index (κ3) is 3.35. The molecule has 1 aliphatic heterocycles. The zero-order valence-corrected chi connectivity index (χ0v) is 14.2. The molecule has 1 aliphatic rings. The number of pyridine rings is 1. The smallest absolute Gasteiger partial charge is 0.257 e. The minimum atomic E-state index is -2.91. The van der Waals surface area contributed by atoms with Crippen molar-refractivity contribution in [3.63, 3.8) is 0 Å². The van der Waals surface area contributed by atoms with Crippen molar-refractivity contribution in [1.82, 2.24) is 19.9 Å². The monoisotopic (exact) mass is 391 g/mol. The maximum absolute atomic E-state index is 14.3. The molecule has 27 heavy (non-hydrogen) atoms. The highest BCUT2D eigenvalue weighted by Gasteiger charge is 2.28. The maximum atomic E-state index is 14.3. The summed E-state index contributed by atoms with van der Waals surface area (Å²) in [5, 5.41) is 11.4. The van der Waals surface area contributed by atoms with E-state index in [0.29, 0.717) is 16.7 Å². The van der Waals surface area contributed by atoms with E-state index in [0.717, 1.165) is 22.5 Å². The number of halogens is 4. The van der Waals surface area contributed by atoms with Crippen LogP contribution in [-0.4, -0.2) is 25.6 Å². The van der Waals surface area contributed by atoms with Crippen LogP contribution in [0, 0.1) is 11.6 Å². The number of aromatic nitrogens is 4. The van der Waals surface area contributed by atoms with E-state index in [2.05, 4.69) is 20.3 Å². The highest BCUT2D eigenvalue weighted by Crippen LogP contribution is 2.36. The first kappa shape index (κ1) is 17.4. The summed E-state index contributed by atoms with van der Waals surface area (Å²) >= 11 is 0.992. The van der Waals surface area contributed by atoms with Gasteiger partial charge in [0.15, 0.2) is 0 Å². The minimum Gasteiger partial charge on any atom is -0.257 e. The third-order valence-corrected chi connectivity index (χ3v) is 4.59. The van der Waals surface area contributed by atoms with E-state index in [9.17, 15) is 17.6 Å². The molecular weight excluding hydrogens is 382 g/mol. The summed E-state index contributed by atoms with van der Waals surface area (Å²) in [5.41, 5.74) is 0.570. The van der Waals surface area contributed by atoms with Crippen LogP contribution in [0.25, 0.3) is 6.08 Å². The molecule has 2 aromatic heterocycles. The predicted molar refractivity (Wildman–Crippen MR) is 91.3 cm³/mol. The molecule has 1 aromatic carbocycles. The van der Waals surface area contributed by atoms with Gasteiger partial charge in [-0.1, -0.05) is 6.07 Å². The van der Waals surface area contributed by atoms with Gasteiger partial charge in [0.1, 0.15) is 17.3 Å². The summed E-state index contributed by atoms with van der Waals surface area (Å²) in [5.74, 6) is -2.28. The molecule has 0 saturated heterocycles. The molecule has 10 heteroatoms. The molecule has 136 valence electrons. The lowest BCUT2D eigenvalue weighted by Gasteiger charge is -2.17. The number of benzene rings is 1. The summed E-state index contributed by atoms with van der Waals surface area (Å²) in [4.78, 5) is 4.58. The van der Waals surface area contributed by atoms with Gasteiger partial charge in [0.2, 0.25) is 11.0 Å². The molecule has 0 saturated carbocycles. The number of hydrogen-bond acceptors (Lipinski definition) is 5. The summed E-state index contributed by atoms with van der Waals surface area (Å²) in [6.45, 7) is 0. The number of hydrogen-bond donors (Lipinski definition) is 0. The van der Waals surface area contributed by atoms with Crippen LogP contribution >= 0.6 is 11.8 Å². The molecule has 0 fully saturated rings. The van der Waals surface area contributed by atoms with E-state index in [4.69, 9.17) is 0 Å². The largest absolute Gasteiger partial charge is 0.299 e. The Kier molecular flexibility index (Phi) is 4.48. The van der Waals surface area contributed by atoms with E-state index >= 15 is 0 Å². The fraction of sp³-hybridized carbons (Fsp3) is 0.0588. The maximum Gasteiger partial charge on any atom is 0.299 e. The molecule has 0 amide bonds. The average Bonchev–Trinajstić information content (AvgIpc) is 3.05. The van der Waals surface area contributed by atoms with E-state index in [1.54, 1.807) is 30.5 Å². The normalized spacial score (nSPS) is 15.1. The van der Waals surface area contributed by atoms with Crippen LogP contribution in [0.4, 0.5) is 17.6 Å². The Morgan fingerprint density at radius 1 is 1.07 bits per heavy atom. The molecule has 0 spiro atoms. The molecule has 3 aromatic rings. The van der Waals surface area contributed by atoms with Gasteiger partial charge in [-0.25, -0.2) is 17.6 Å². The van der Waals surface area contributed by atoms with Gasteiger partial charge in [0.25, 0.3) is 6.43 Å². The summed E-state index contributed by atoms with van der Waals surface area (Å²) in [6.07, 6.45) is 0.287. The lowest BCUT2D eigenvalue weighted by atomic mass is 10.1. The summed E-state index contributed by atoms with van der Waals surface area (Å²) in [6, 6.07) is 8.19. The molecule has 0 N–H and O–H groups in total. The van der Waals surface area contributed by atoms with Crippen molar-refractivity contribution in [3.8, 4) is 0 Å². The Hall–Kier alpha value is -3.01. The van der Waals surface area contributed by atoms with Crippen molar-refractivity contribution < 1.29 is 17.6 Å². The second-order valence-corrected chi connectivity index (χ2v) is 6.40. The fourth-order valence-electron chi connectivity index (χ4n) is 2.43. The number of nitrogens with zero attached hydrogens (tertiary/aromatic N) is 5. The average molecular weight is 391 g/mol. The molecule has 4 rings (SSSR count). The Bertz CT molecular complexity index is 1060. The van der Waals surface area contributed by atoms with Crippen molar-refractivity contribution in [2.24, 2.45) is 5.10 Å². The van der Waals surface area contributed by atoms with Crippen LogP contribution in [0.15, 0.2) is 57.8 Å². The van der Waals surface area contributed by atoms with Gasteiger partial charge in [-0.05, 0) is 42.1 Å². The molecule has 3 heterocycles. The molecule has 0 radical (unpaired) electrons. The van der Waals surface area contributed by atoms with Gasteiger partial charge in [0.05, 0.1) is 5.69 Å². The molecule has 0 aliphatic carbocycles. The minimum absolute atomic E-state index is 0.0364. The van der Waals surface area contributed by atoms with Crippen LogP contribution in [0.5, 0.6) is 0 Å². The van der Waals surface area contributed by atoms with Crippen LogP contribution in [0.3, 0.4) is 0 Å². The third-order valence-electron chi connectivity index (χ3n) is 3.62. The number of thioether (sulfide) groups is 1. The highest BCUT2D eigenvalue weighted by atomic mass is 32.2. The topological polar surface area (TPSA) is 56.0 Å². The number of allylic oxidation sites excluding steroid dienone is 1. The number of fused-ring (bicyclic) bond motifs is 1. The lowest BCUT2D eigenvalue weighted by molar-refractivity contribution is 0.135. The molecule has 0 unspecified atom stereocenters. The first-order valence-electron chi connectivity index (χ1n) is 7.62. The predicted octanol–water partition coefficient (Wildman–Crippen LogP) is 4.29. The lowest BCUT2D eigenvalue weighted by Crippen LogP contribution is -2.15. The van der Waals surface area contributed by atoms with Crippen LogP contribution in [0.1, 0.15) is 23.5 Å². The molecular formula is C17H9F4N5S. The van der Waals surface area contributed by atoms with Crippen molar-refractivity contribution in [2.45, 2.75) is 11.6 Å². The first-order chi connectivity index (χ1) is 13.0. The molecule has 0 atom stereocenters. The SMILES string of the molecule is Fc1ccc(C2=Nn3c(nnc3C(F)F)SC2=Cc2ccccn2)c(F)c1. The second kappa shape index (κ2) is 6.95. The Morgan fingerprint density at radius 3 is 2.63 bits per heavy atom. The summed E-state index contributed by atoms with van der Waals surface area (Å²) in [7, 11) is 0. The van der Waals surface area contributed by atoms with Gasteiger partial charge >= 0.3 is 0 Å². The zero-order valence-electron chi connectivity index (χ0n) is 13.4. The Balaban J connectivity index is 1.90. The zero-order chi connectivity index (χ0) is 19.0.